The smallest absolute Gasteiger partial charge is 0.0606 e. The summed E-state index contributed by atoms with van der Waals surface area (Å²) in [5, 5.41) is 12.6. The highest BCUT2D eigenvalue weighted by Gasteiger charge is 2.21. The zero-order chi connectivity index (χ0) is 14.4. The molecule has 1 aliphatic rings. The van der Waals surface area contributed by atoms with Gasteiger partial charge in [0.1, 0.15) is 0 Å². The van der Waals surface area contributed by atoms with E-state index in [0.717, 1.165) is 6.54 Å². The number of aliphatic hydroxyl groups excluding tert-OH is 1. The predicted molar refractivity (Wildman–Crippen MR) is 85.2 cm³/mol. The number of rotatable bonds is 6. The van der Waals surface area contributed by atoms with Gasteiger partial charge in [-0.25, -0.2) is 0 Å². The second-order valence-electron chi connectivity index (χ2n) is 5.81. The van der Waals surface area contributed by atoms with E-state index in [1.807, 2.05) is 7.05 Å². The van der Waals surface area contributed by atoms with Crippen LogP contribution >= 0.6 is 0 Å². The molecule has 1 atom stereocenters. The van der Waals surface area contributed by atoms with Crippen molar-refractivity contribution in [3.8, 4) is 0 Å². The summed E-state index contributed by atoms with van der Waals surface area (Å²) in [5.74, 6) is 0. The standard InChI is InChI=1S/C17H28N2O/c1-14(18-2)15-8-10-17(11-9-15)19(12-13-20)16-6-4-3-5-7-16/h8-11,14,16,18,20H,3-7,12-13H2,1-2H3. The van der Waals surface area contributed by atoms with Crippen LogP contribution in [0.4, 0.5) is 5.69 Å². The van der Waals surface area contributed by atoms with Gasteiger partial charge in [0, 0.05) is 24.3 Å². The fourth-order valence-corrected chi connectivity index (χ4v) is 3.14. The SMILES string of the molecule is CNC(C)c1ccc(N(CCO)C2CCCCC2)cc1. The van der Waals surface area contributed by atoms with Crippen LogP contribution in [-0.4, -0.2) is 31.3 Å². The molecule has 0 radical (unpaired) electrons. The Kier molecular flexibility index (Phi) is 5.86. The third-order valence-corrected chi connectivity index (χ3v) is 4.51. The molecule has 1 aliphatic carbocycles. The van der Waals surface area contributed by atoms with Crippen LogP contribution in [0.5, 0.6) is 0 Å². The van der Waals surface area contributed by atoms with E-state index in [4.69, 9.17) is 0 Å². The van der Waals surface area contributed by atoms with Gasteiger partial charge in [0.25, 0.3) is 0 Å². The summed E-state index contributed by atoms with van der Waals surface area (Å²) in [7, 11) is 1.98. The van der Waals surface area contributed by atoms with Crippen molar-refractivity contribution < 1.29 is 5.11 Å². The first kappa shape index (κ1) is 15.3. The van der Waals surface area contributed by atoms with Crippen molar-refractivity contribution in [3.63, 3.8) is 0 Å². The van der Waals surface area contributed by atoms with Gasteiger partial charge in [-0.2, -0.15) is 0 Å². The normalized spacial score (nSPS) is 17.9. The Hall–Kier alpha value is -1.06. The molecule has 1 aromatic carbocycles. The van der Waals surface area contributed by atoms with Gasteiger partial charge in [-0.3, -0.25) is 0 Å². The number of aliphatic hydroxyl groups is 1. The van der Waals surface area contributed by atoms with Crippen molar-refractivity contribution in [1.29, 1.82) is 0 Å². The van der Waals surface area contributed by atoms with Crippen LogP contribution in [0.1, 0.15) is 50.6 Å². The Labute approximate surface area is 123 Å². The Bertz CT molecular complexity index is 384. The quantitative estimate of drug-likeness (QED) is 0.838. The van der Waals surface area contributed by atoms with Gasteiger partial charge >= 0.3 is 0 Å². The molecule has 0 spiro atoms. The maximum Gasteiger partial charge on any atom is 0.0606 e. The molecule has 1 unspecified atom stereocenters. The first-order valence-corrected chi connectivity index (χ1v) is 7.91. The Balaban J connectivity index is 2.11. The highest BCUT2D eigenvalue weighted by molar-refractivity contribution is 5.49. The maximum absolute atomic E-state index is 9.36. The van der Waals surface area contributed by atoms with Crippen LogP contribution in [-0.2, 0) is 0 Å². The van der Waals surface area contributed by atoms with E-state index < -0.39 is 0 Å². The summed E-state index contributed by atoms with van der Waals surface area (Å²) in [4.78, 5) is 2.40. The molecular weight excluding hydrogens is 248 g/mol. The van der Waals surface area contributed by atoms with Crippen molar-refractivity contribution in [2.45, 2.75) is 51.1 Å². The number of anilines is 1. The lowest BCUT2D eigenvalue weighted by Gasteiger charge is -2.36. The van der Waals surface area contributed by atoms with Gasteiger partial charge in [-0.05, 0) is 44.5 Å². The maximum atomic E-state index is 9.36. The highest BCUT2D eigenvalue weighted by atomic mass is 16.3. The van der Waals surface area contributed by atoms with E-state index in [0.29, 0.717) is 12.1 Å². The van der Waals surface area contributed by atoms with Crippen molar-refractivity contribution in [2.24, 2.45) is 0 Å². The second kappa shape index (κ2) is 7.65. The summed E-state index contributed by atoms with van der Waals surface area (Å²) in [5.41, 5.74) is 2.56. The van der Waals surface area contributed by atoms with Crippen molar-refractivity contribution >= 4 is 5.69 Å². The van der Waals surface area contributed by atoms with Crippen molar-refractivity contribution in [2.75, 3.05) is 25.1 Å². The molecule has 1 fully saturated rings. The Morgan fingerprint density at radius 1 is 1.20 bits per heavy atom. The van der Waals surface area contributed by atoms with Crippen LogP contribution in [0.25, 0.3) is 0 Å². The molecule has 2 rings (SSSR count). The predicted octanol–water partition coefficient (Wildman–Crippen LogP) is 3.10. The van der Waals surface area contributed by atoms with Crippen LogP contribution in [0.3, 0.4) is 0 Å². The number of nitrogens with zero attached hydrogens (tertiary/aromatic N) is 1. The van der Waals surface area contributed by atoms with E-state index in [1.165, 1.54) is 43.4 Å². The molecule has 0 bridgehead atoms. The van der Waals surface area contributed by atoms with Crippen molar-refractivity contribution in [1.82, 2.24) is 5.32 Å². The number of benzene rings is 1. The largest absolute Gasteiger partial charge is 0.395 e. The monoisotopic (exact) mass is 276 g/mol. The lowest BCUT2D eigenvalue weighted by Crippen LogP contribution is -2.38. The average Bonchev–Trinajstić information content (AvgIpc) is 2.53. The van der Waals surface area contributed by atoms with Crippen LogP contribution < -0.4 is 10.2 Å². The zero-order valence-electron chi connectivity index (χ0n) is 12.8. The Morgan fingerprint density at radius 2 is 1.85 bits per heavy atom. The average molecular weight is 276 g/mol. The third-order valence-electron chi connectivity index (χ3n) is 4.51. The minimum Gasteiger partial charge on any atom is -0.395 e. The van der Waals surface area contributed by atoms with Gasteiger partial charge in [0.2, 0.25) is 0 Å². The summed E-state index contributed by atoms with van der Waals surface area (Å²) < 4.78 is 0. The summed E-state index contributed by atoms with van der Waals surface area (Å²) >= 11 is 0. The van der Waals surface area contributed by atoms with Gasteiger partial charge < -0.3 is 15.3 Å². The van der Waals surface area contributed by atoms with E-state index >= 15 is 0 Å². The van der Waals surface area contributed by atoms with Gasteiger partial charge in [-0.15, -0.1) is 0 Å². The summed E-state index contributed by atoms with van der Waals surface area (Å²) in [6, 6.07) is 9.78. The summed E-state index contributed by atoms with van der Waals surface area (Å²) in [6.45, 7) is 3.14. The minimum atomic E-state index is 0.227. The molecule has 0 aliphatic heterocycles. The molecular formula is C17H28N2O. The van der Waals surface area contributed by atoms with Crippen molar-refractivity contribution in [3.05, 3.63) is 29.8 Å². The molecule has 0 saturated heterocycles. The van der Waals surface area contributed by atoms with E-state index in [9.17, 15) is 5.11 Å². The van der Waals surface area contributed by atoms with Gasteiger partial charge in [0.05, 0.1) is 6.61 Å². The first-order chi connectivity index (χ1) is 9.76. The minimum absolute atomic E-state index is 0.227. The lowest BCUT2D eigenvalue weighted by atomic mass is 9.93. The molecule has 3 nitrogen and oxygen atoms in total. The fourth-order valence-electron chi connectivity index (χ4n) is 3.14. The van der Waals surface area contributed by atoms with Crippen LogP contribution in [0.2, 0.25) is 0 Å². The van der Waals surface area contributed by atoms with E-state index in [2.05, 4.69) is 41.4 Å². The zero-order valence-corrected chi connectivity index (χ0v) is 12.8. The van der Waals surface area contributed by atoms with Crippen LogP contribution in [0.15, 0.2) is 24.3 Å². The highest BCUT2D eigenvalue weighted by Crippen LogP contribution is 2.28. The van der Waals surface area contributed by atoms with E-state index in [-0.39, 0.29) is 6.61 Å². The molecule has 0 heterocycles. The van der Waals surface area contributed by atoms with Gasteiger partial charge in [0.15, 0.2) is 0 Å². The molecule has 0 aromatic heterocycles. The molecule has 20 heavy (non-hydrogen) atoms. The number of nitrogens with one attached hydrogen (secondary N) is 1. The molecule has 1 saturated carbocycles. The van der Waals surface area contributed by atoms with Gasteiger partial charge in [-0.1, -0.05) is 31.4 Å². The van der Waals surface area contributed by atoms with Crippen LogP contribution in [0, 0.1) is 0 Å². The topological polar surface area (TPSA) is 35.5 Å². The third kappa shape index (κ3) is 3.74. The number of hydrogen-bond acceptors (Lipinski definition) is 3. The first-order valence-electron chi connectivity index (χ1n) is 7.91. The number of hydrogen-bond donors (Lipinski definition) is 2. The molecule has 2 N–H and O–H groups in total. The Morgan fingerprint density at radius 3 is 2.40 bits per heavy atom. The molecule has 1 aromatic rings. The van der Waals surface area contributed by atoms with E-state index in [1.54, 1.807) is 0 Å². The lowest BCUT2D eigenvalue weighted by molar-refractivity contribution is 0.290. The summed E-state index contributed by atoms with van der Waals surface area (Å²) in [6.07, 6.45) is 6.52. The second-order valence-corrected chi connectivity index (χ2v) is 5.81. The molecule has 3 heteroatoms. The molecule has 112 valence electrons. The fraction of sp³-hybridized carbons (Fsp3) is 0.647. The molecule has 0 amide bonds.